The van der Waals surface area contributed by atoms with Crippen molar-refractivity contribution >= 4 is 189 Å². The van der Waals surface area contributed by atoms with Gasteiger partial charge in [-0.1, -0.05) is 11.1 Å². The van der Waals surface area contributed by atoms with E-state index in [0.29, 0.717) is 45.4 Å². The zero-order chi connectivity index (χ0) is 43.8. The molecule has 3 aliphatic rings. The molecule has 0 aliphatic heterocycles. The Hall–Kier alpha value is 0.0996. The van der Waals surface area contributed by atoms with E-state index < -0.39 is 11.8 Å². The lowest BCUT2D eigenvalue weighted by atomic mass is 9.80. The van der Waals surface area contributed by atoms with Crippen molar-refractivity contribution in [3.63, 3.8) is 0 Å². The maximum absolute atomic E-state index is 12.0. The molecule has 23 heteroatoms. The Morgan fingerprint density at radius 2 is 0.839 bits per heavy atom. The van der Waals surface area contributed by atoms with Gasteiger partial charge in [0.15, 0.2) is 5.70 Å². The molecule has 0 fully saturated rings. The fraction of sp³-hybridized carbons (Fsp3) is 0.424. The van der Waals surface area contributed by atoms with Crippen molar-refractivity contribution in [3.05, 3.63) is 99.0 Å². The highest BCUT2D eigenvalue weighted by Gasteiger charge is 2.34. The summed E-state index contributed by atoms with van der Waals surface area (Å²) in [5, 5.41) is 9.08. The molecule has 6 rings (SSSR count). The second-order valence-electron chi connectivity index (χ2n) is 12.6. The van der Waals surface area contributed by atoms with Gasteiger partial charge in [-0.05, 0) is 89.6 Å². The number of carboxylic acids is 1. The molecule has 0 saturated heterocycles. The lowest BCUT2D eigenvalue weighted by Crippen LogP contribution is -2.25. The van der Waals surface area contributed by atoms with E-state index in [1.165, 1.54) is 4.57 Å². The largest absolute Gasteiger partial charge is 0.478 e. The van der Waals surface area contributed by atoms with Crippen molar-refractivity contribution in [1.82, 2.24) is 28.7 Å². The molecule has 289 valence electrons. The van der Waals surface area contributed by atoms with Gasteiger partial charge in [0.2, 0.25) is 0 Å². The summed E-state index contributed by atoms with van der Waals surface area (Å²) in [4.78, 5) is 60.2. The number of rotatable bonds is 1. The summed E-state index contributed by atoms with van der Waals surface area (Å²) >= 11 is 12.9. The van der Waals surface area contributed by atoms with Crippen LogP contribution in [0.15, 0.2) is 31.1 Å². The summed E-state index contributed by atoms with van der Waals surface area (Å²) in [5.74, 6) is -0.431. The van der Waals surface area contributed by atoms with Gasteiger partial charge < -0.3 is 5.11 Å². The van der Waals surface area contributed by atoms with E-state index >= 15 is 0 Å². The molecule has 0 amide bonds. The van der Waals surface area contributed by atoms with Crippen LogP contribution in [0.5, 0.6) is 0 Å². The molecule has 1 N–H and O–H groups in total. The van der Waals surface area contributed by atoms with E-state index in [0.717, 1.165) is 34.0 Å². The van der Waals surface area contributed by atoms with E-state index in [4.69, 9.17) is 28.6 Å². The molecule has 0 bridgehead atoms. The summed E-state index contributed by atoms with van der Waals surface area (Å²) in [7, 11) is 22.9. The molecule has 9 radical (unpaired) electrons. The van der Waals surface area contributed by atoms with Gasteiger partial charge in [0, 0.05) is 26.7 Å². The van der Waals surface area contributed by atoms with E-state index in [1.807, 2.05) is 44.5 Å². The molecule has 0 aromatic carbocycles. The third kappa shape index (κ3) is 12.1. The fourth-order valence-electron chi connectivity index (χ4n) is 5.99. The highest BCUT2D eigenvalue weighted by molar-refractivity contribution is 14.4. The SMILES string of the molecule is IB(I)I.I[B]I.[B]C1C(C(=O)O)=C(C)c2c1nc(C)n(C)c2=O.[B]C1C(C)=C(C)c2c1nc(C)n(C)c2=O.[B]C1C(C)=C(C)c2c1nc(C)n(C)c2=O.[B]I. The number of halogens is 6. The van der Waals surface area contributed by atoms with Crippen LogP contribution in [0.3, 0.4) is 0 Å². The van der Waals surface area contributed by atoms with E-state index in [1.54, 1.807) is 66.5 Å². The number of aromatic nitrogens is 6. The number of allylic oxidation sites excluding steroid dienone is 5. The smallest absolute Gasteiger partial charge is 0.355 e. The van der Waals surface area contributed by atoms with E-state index in [2.05, 4.69) is 133 Å². The predicted molar refractivity (Wildman–Crippen MR) is 286 cm³/mol. The first kappa shape index (κ1) is 54.1. The average Bonchev–Trinajstić information content (AvgIpc) is 3.60. The maximum Gasteiger partial charge on any atom is 0.355 e. The van der Waals surface area contributed by atoms with Crippen LogP contribution in [-0.4, -0.2) is 72.2 Å². The quantitative estimate of drug-likeness (QED) is 0.214. The van der Waals surface area contributed by atoms with Gasteiger partial charge in [0.1, 0.15) is 17.5 Å². The number of nitrogens with zero attached hydrogens (tertiary/aromatic N) is 6. The molecule has 0 saturated carbocycles. The predicted octanol–water partition coefficient (Wildman–Crippen LogP) is 6.55. The minimum Gasteiger partial charge on any atom is -0.478 e. The maximum atomic E-state index is 12.0. The second-order valence-corrected chi connectivity index (χ2v) is 27.1. The Kier molecular flexibility index (Phi) is 23.1. The Bertz CT molecular complexity index is 2160. The molecular weight excluding hydrogens is 1390 g/mol. The summed E-state index contributed by atoms with van der Waals surface area (Å²) in [6, 6.07) is 0. The van der Waals surface area contributed by atoms with Crippen LogP contribution < -0.4 is 16.7 Å². The molecule has 3 aliphatic carbocycles. The molecule has 0 spiro atoms. The normalized spacial score (nSPS) is 16.9. The Morgan fingerprint density at radius 1 is 0.607 bits per heavy atom. The van der Waals surface area contributed by atoms with Crippen LogP contribution in [0.2, 0.25) is 0 Å². The highest BCUT2D eigenvalue weighted by atomic mass is 127. The van der Waals surface area contributed by atoms with Gasteiger partial charge in [0.05, 0.1) is 57.3 Å². The third-order valence-corrected chi connectivity index (χ3v) is 9.70. The van der Waals surface area contributed by atoms with Crippen molar-refractivity contribution in [2.45, 2.75) is 72.8 Å². The van der Waals surface area contributed by atoms with Crippen molar-refractivity contribution < 1.29 is 9.90 Å². The van der Waals surface area contributed by atoms with Crippen LogP contribution in [0.4, 0.5) is 0 Å². The van der Waals surface area contributed by atoms with Crippen LogP contribution >= 0.6 is 134 Å². The minimum absolute atomic E-state index is 0.00213. The first-order valence-electron chi connectivity index (χ1n) is 16.4. The van der Waals surface area contributed by atoms with Gasteiger partial charge in [-0.15, -0.1) is 112 Å². The molecule has 11 nitrogen and oxygen atoms in total. The number of carbonyl (C=O) groups is 1. The van der Waals surface area contributed by atoms with E-state index in [-0.39, 0.29) is 33.9 Å². The molecular formula is C33H37B6I6N6O5. The monoisotopic (exact) mass is 1420 g/mol. The van der Waals surface area contributed by atoms with E-state index in [9.17, 15) is 19.2 Å². The van der Waals surface area contributed by atoms with Crippen LogP contribution in [0, 0.1) is 20.8 Å². The number of aliphatic carboxylic acids is 1. The summed E-state index contributed by atoms with van der Waals surface area (Å²) < 4.78 is 7.20. The van der Waals surface area contributed by atoms with Gasteiger partial charge in [-0.25, -0.2) is 19.7 Å². The standard InChI is InChI=1S/C11H11BN2O3.2C11H13BN2O.BI3.BI2.BI/c1-4-6(11(16)17)8(12)9-7(4)10(15)14(3)5(2)13-9;2*1-5-6(2)9(12)10-8(5)11(15)14(4)7(3)13-10;2-1(3)4;2-1-3;1-2/h8H,1-3H3,(H,16,17);2*9H,1-4H3;;;. The zero-order valence-corrected chi connectivity index (χ0v) is 45.7. The fourth-order valence-corrected chi connectivity index (χ4v) is 5.99. The second kappa shape index (κ2) is 23.9. The minimum atomic E-state index is -1.10. The number of carboxylic acid groups (broad SMARTS) is 1. The first-order valence-corrected chi connectivity index (χ1v) is 23.8. The van der Waals surface area contributed by atoms with Crippen LogP contribution in [-0.2, 0) is 25.9 Å². The lowest BCUT2D eigenvalue weighted by molar-refractivity contribution is -0.132. The molecule has 3 heterocycles. The van der Waals surface area contributed by atoms with Gasteiger partial charge >= 0.3 is 6.25 Å². The summed E-state index contributed by atoms with van der Waals surface area (Å²) in [5.41, 5.74) is 12.2. The molecule has 56 heavy (non-hydrogen) atoms. The molecule has 3 aromatic rings. The Morgan fingerprint density at radius 3 is 1.09 bits per heavy atom. The number of aryl methyl sites for hydroxylation is 3. The highest BCUT2D eigenvalue weighted by Crippen LogP contribution is 2.38. The van der Waals surface area contributed by atoms with Crippen molar-refractivity contribution in [2.75, 3.05) is 0 Å². The zero-order valence-electron chi connectivity index (χ0n) is 32.7. The number of hydrogen-bond acceptors (Lipinski definition) is 7. The van der Waals surface area contributed by atoms with Crippen molar-refractivity contribution in [1.29, 1.82) is 0 Å². The van der Waals surface area contributed by atoms with Crippen molar-refractivity contribution in [3.8, 4) is 0 Å². The molecule has 3 atom stereocenters. The average molecular weight is 1420 g/mol. The number of hydrogen-bond donors (Lipinski definition) is 1. The van der Waals surface area contributed by atoms with Crippen LogP contribution in [0.1, 0.15) is 103 Å². The van der Waals surface area contributed by atoms with Gasteiger partial charge in [-0.2, -0.15) is 22.4 Å². The molecule has 3 unspecified atom stereocenters. The van der Waals surface area contributed by atoms with Crippen molar-refractivity contribution in [2.24, 2.45) is 21.1 Å². The molecule has 3 aromatic heterocycles. The topological polar surface area (TPSA) is 142 Å². The Balaban J connectivity index is 0.000000380. The number of fused-ring (bicyclic) bond motifs is 3. The van der Waals surface area contributed by atoms with Gasteiger partial charge in [-0.3, -0.25) is 28.1 Å². The van der Waals surface area contributed by atoms with Crippen LogP contribution in [0.25, 0.3) is 16.7 Å². The summed E-state index contributed by atoms with van der Waals surface area (Å²) in [6.07, 6.45) is 0. The Labute approximate surface area is 415 Å². The lowest BCUT2D eigenvalue weighted by Gasteiger charge is -2.09. The third-order valence-electron chi connectivity index (χ3n) is 9.70. The first-order chi connectivity index (χ1) is 25.9. The summed E-state index contributed by atoms with van der Waals surface area (Å²) in [6.45, 7) is 14.7. The van der Waals surface area contributed by atoms with Gasteiger partial charge in [0.25, 0.3) is 19.7 Å².